The molecule has 1 unspecified atom stereocenters. The molecular formula is C20H30N2O4S. The molecule has 3 saturated carbocycles. The fraction of sp³-hybridized carbons (Fsp3) is 0.900. The van der Waals surface area contributed by atoms with Crippen LogP contribution >= 0.6 is 0 Å². The molecule has 5 aliphatic rings. The third-order valence-electron chi connectivity index (χ3n) is 8.64. The lowest BCUT2D eigenvalue weighted by Gasteiger charge is -2.38. The third-order valence-corrected chi connectivity index (χ3v) is 10.6. The minimum Gasteiger partial charge on any atom is -0.342 e. The minimum atomic E-state index is -3.57. The van der Waals surface area contributed by atoms with Crippen molar-refractivity contribution >= 4 is 21.8 Å². The van der Waals surface area contributed by atoms with Gasteiger partial charge in [0.2, 0.25) is 21.8 Å². The molecule has 2 bridgehead atoms. The van der Waals surface area contributed by atoms with Gasteiger partial charge < -0.3 is 4.90 Å². The normalized spacial score (nSPS) is 41.6. The largest absolute Gasteiger partial charge is 0.342 e. The topological polar surface area (TPSA) is 74.8 Å². The van der Waals surface area contributed by atoms with E-state index in [-0.39, 0.29) is 46.3 Å². The number of piperidine rings is 1. The lowest BCUT2D eigenvalue weighted by molar-refractivity contribution is -0.140. The lowest BCUT2D eigenvalue weighted by atomic mass is 9.69. The summed E-state index contributed by atoms with van der Waals surface area (Å²) in [5, 5.41) is 0. The van der Waals surface area contributed by atoms with Crippen molar-refractivity contribution in [2.24, 2.45) is 28.6 Å². The molecule has 4 atom stereocenters. The van der Waals surface area contributed by atoms with Crippen molar-refractivity contribution in [1.29, 1.82) is 0 Å². The van der Waals surface area contributed by atoms with Crippen LogP contribution in [0.15, 0.2) is 0 Å². The number of sulfonamides is 1. The van der Waals surface area contributed by atoms with Gasteiger partial charge in [0.25, 0.3) is 0 Å². The molecule has 0 aromatic heterocycles. The molecule has 1 spiro atoms. The van der Waals surface area contributed by atoms with E-state index < -0.39 is 10.0 Å². The quantitative estimate of drug-likeness (QED) is 0.718. The number of hydrogen-bond donors (Lipinski definition) is 0. The average molecular weight is 395 g/mol. The Morgan fingerprint density at radius 2 is 1.74 bits per heavy atom. The summed E-state index contributed by atoms with van der Waals surface area (Å²) in [7, 11) is -3.57. The van der Waals surface area contributed by atoms with Gasteiger partial charge in [-0.15, -0.1) is 0 Å². The van der Waals surface area contributed by atoms with E-state index in [1.54, 1.807) is 0 Å². The molecule has 5 rings (SSSR count). The summed E-state index contributed by atoms with van der Waals surface area (Å²) in [6.45, 7) is 5.50. The highest BCUT2D eigenvalue weighted by atomic mass is 32.2. The fourth-order valence-corrected chi connectivity index (χ4v) is 9.32. The summed E-state index contributed by atoms with van der Waals surface area (Å²) in [6, 6.07) is -0.168. The highest BCUT2D eigenvalue weighted by molar-refractivity contribution is 7.90. The van der Waals surface area contributed by atoms with Crippen LogP contribution < -0.4 is 0 Å². The Balaban J connectivity index is 1.41. The van der Waals surface area contributed by atoms with Crippen molar-refractivity contribution in [2.75, 3.05) is 18.8 Å². The van der Waals surface area contributed by atoms with Crippen molar-refractivity contribution in [2.45, 2.75) is 64.8 Å². The van der Waals surface area contributed by atoms with Gasteiger partial charge in [0.15, 0.2) is 0 Å². The molecule has 0 aromatic rings. The van der Waals surface area contributed by atoms with Gasteiger partial charge >= 0.3 is 0 Å². The minimum absolute atomic E-state index is 0.0275. The zero-order valence-corrected chi connectivity index (χ0v) is 17.1. The summed E-state index contributed by atoms with van der Waals surface area (Å²) in [6.07, 6.45) is 6.18. The highest BCUT2D eigenvalue weighted by Crippen LogP contribution is 2.70. The summed E-state index contributed by atoms with van der Waals surface area (Å²) in [5.41, 5.74) is -0.301. The van der Waals surface area contributed by atoms with Crippen LogP contribution in [0.25, 0.3) is 0 Å². The standard InChI is InChI=1S/C20H30N2O4S/c1-19(2)15-7-8-20(19)12-27(25,26)22(16(20)10-15)18(24)14-4-3-9-21(11-14)17(23)13-5-6-13/h13-16H,3-12H2,1-2H3/t14?,15-,16-,20-/m1/s1. The number of likely N-dealkylation sites (tertiary alicyclic amines) is 1. The van der Waals surface area contributed by atoms with E-state index in [2.05, 4.69) is 13.8 Å². The molecule has 7 heteroatoms. The Morgan fingerprint density at radius 3 is 2.41 bits per heavy atom. The average Bonchev–Trinajstić information content (AvgIpc) is 3.36. The molecule has 5 fully saturated rings. The molecule has 0 N–H and O–H groups in total. The molecule has 6 nitrogen and oxygen atoms in total. The number of nitrogens with zero attached hydrogens (tertiary/aromatic N) is 2. The SMILES string of the molecule is CC1(C)[C@@H]2CC[C@]13CS(=O)(=O)N(C(=O)C1CCCN(C(=O)C4CC4)C1)[C@@H]3C2. The molecule has 0 radical (unpaired) electrons. The number of amides is 2. The molecule has 150 valence electrons. The van der Waals surface area contributed by atoms with E-state index in [1.165, 1.54) is 4.31 Å². The van der Waals surface area contributed by atoms with Crippen molar-refractivity contribution in [1.82, 2.24) is 9.21 Å². The molecule has 2 heterocycles. The van der Waals surface area contributed by atoms with Crippen LogP contribution in [-0.2, 0) is 19.6 Å². The van der Waals surface area contributed by atoms with Crippen molar-refractivity contribution in [3.8, 4) is 0 Å². The van der Waals surface area contributed by atoms with Gasteiger partial charge in [0, 0.05) is 24.4 Å². The molecule has 0 aromatic carbocycles. The summed E-state index contributed by atoms with van der Waals surface area (Å²) < 4.78 is 27.5. The van der Waals surface area contributed by atoms with Crippen molar-refractivity contribution < 1.29 is 18.0 Å². The number of hydrogen-bond acceptors (Lipinski definition) is 4. The van der Waals surface area contributed by atoms with Crippen LogP contribution in [0.4, 0.5) is 0 Å². The second-order valence-electron chi connectivity index (χ2n) is 10.2. The van der Waals surface area contributed by atoms with Crippen molar-refractivity contribution in [3.05, 3.63) is 0 Å². The Morgan fingerprint density at radius 1 is 1.00 bits per heavy atom. The zero-order chi connectivity index (χ0) is 19.2. The maximum absolute atomic E-state index is 13.4. The smallest absolute Gasteiger partial charge is 0.241 e. The van der Waals surface area contributed by atoms with Gasteiger partial charge in [0.1, 0.15) is 0 Å². The molecule has 3 aliphatic carbocycles. The van der Waals surface area contributed by atoms with Crippen LogP contribution in [0.1, 0.15) is 58.8 Å². The molecular weight excluding hydrogens is 364 g/mol. The van der Waals surface area contributed by atoms with E-state index in [9.17, 15) is 18.0 Å². The van der Waals surface area contributed by atoms with Crippen LogP contribution in [0.3, 0.4) is 0 Å². The first-order valence-corrected chi connectivity index (χ1v) is 12.1. The number of carbonyl (C=O) groups excluding carboxylic acids is 2. The molecule has 2 aliphatic heterocycles. The van der Waals surface area contributed by atoms with Crippen LogP contribution in [0, 0.1) is 28.6 Å². The van der Waals surface area contributed by atoms with E-state index in [1.807, 2.05) is 4.90 Å². The summed E-state index contributed by atoms with van der Waals surface area (Å²) in [5.74, 6) is 0.324. The van der Waals surface area contributed by atoms with E-state index >= 15 is 0 Å². The third kappa shape index (κ3) is 2.33. The predicted molar refractivity (Wildman–Crippen MR) is 100 cm³/mol. The Bertz CT molecular complexity index is 803. The fourth-order valence-electron chi connectivity index (χ4n) is 6.73. The molecule has 2 amide bonds. The highest BCUT2D eigenvalue weighted by Gasteiger charge is 2.72. The second-order valence-corrected chi connectivity index (χ2v) is 12.0. The van der Waals surface area contributed by atoms with E-state index in [0.29, 0.717) is 25.4 Å². The maximum Gasteiger partial charge on any atom is 0.241 e. The zero-order valence-electron chi connectivity index (χ0n) is 16.3. The van der Waals surface area contributed by atoms with Gasteiger partial charge in [0.05, 0.1) is 17.7 Å². The van der Waals surface area contributed by atoms with Gasteiger partial charge in [-0.1, -0.05) is 13.8 Å². The number of carbonyl (C=O) groups is 2. The van der Waals surface area contributed by atoms with Gasteiger partial charge in [-0.3, -0.25) is 9.59 Å². The van der Waals surface area contributed by atoms with Crippen LogP contribution in [-0.4, -0.2) is 54.3 Å². The first kappa shape index (κ1) is 18.0. The summed E-state index contributed by atoms with van der Waals surface area (Å²) >= 11 is 0. The van der Waals surface area contributed by atoms with E-state index in [0.717, 1.165) is 38.5 Å². The monoisotopic (exact) mass is 394 g/mol. The maximum atomic E-state index is 13.4. The summed E-state index contributed by atoms with van der Waals surface area (Å²) in [4.78, 5) is 27.6. The Labute approximate surface area is 161 Å². The number of rotatable bonds is 2. The first-order chi connectivity index (χ1) is 12.7. The lowest BCUT2D eigenvalue weighted by Crippen LogP contribution is -2.50. The molecule has 2 saturated heterocycles. The van der Waals surface area contributed by atoms with Crippen LogP contribution in [0.5, 0.6) is 0 Å². The van der Waals surface area contributed by atoms with E-state index in [4.69, 9.17) is 0 Å². The predicted octanol–water partition coefficient (Wildman–Crippen LogP) is 2.00. The van der Waals surface area contributed by atoms with Gasteiger partial charge in [-0.25, -0.2) is 12.7 Å². The Hall–Kier alpha value is -1.11. The Kier molecular flexibility index (Phi) is 3.65. The number of fused-ring (bicyclic) bond motifs is 1. The second kappa shape index (κ2) is 5.49. The molecule has 27 heavy (non-hydrogen) atoms. The van der Waals surface area contributed by atoms with Gasteiger partial charge in [-0.05, 0) is 56.3 Å². The van der Waals surface area contributed by atoms with Crippen LogP contribution in [0.2, 0.25) is 0 Å². The first-order valence-electron chi connectivity index (χ1n) is 10.5. The van der Waals surface area contributed by atoms with Crippen molar-refractivity contribution in [3.63, 3.8) is 0 Å². The van der Waals surface area contributed by atoms with Gasteiger partial charge in [-0.2, -0.15) is 0 Å².